The summed E-state index contributed by atoms with van der Waals surface area (Å²) in [5.74, 6) is 1.61. The highest BCUT2D eigenvalue weighted by Gasteiger charge is 2.19. The van der Waals surface area contributed by atoms with E-state index in [1.54, 1.807) is 0 Å². The Hall–Kier alpha value is -4.28. The molecule has 0 saturated heterocycles. The largest absolute Gasteiger partial charge is 0.285 e. The molecule has 0 fully saturated rings. The van der Waals surface area contributed by atoms with Crippen molar-refractivity contribution in [3.8, 4) is 28.5 Å². The number of hydrogen-bond acceptors (Lipinski definition) is 3. The molecule has 7 aromatic rings. The summed E-state index contributed by atoms with van der Waals surface area (Å²) in [4.78, 5) is 11.3. The molecule has 0 aliphatic carbocycles. The van der Waals surface area contributed by atoms with Crippen LogP contribution in [0.3, 0.4) is 0 Å². The number of aromatic nitrogens is 3. The van der Waals surface area contributed by atoms with Crippen LogP contribution in [0.2, 0.25) is 0 Å². The lowest BCUT2D eigenvalue weighted by Gasteiger charge is -2.11. The molecule has 3 heterocycles. The van der Waals surface area contributed by atoms with Crippen LogP contribution in [0, 0.1) is 0 Å². The minimum absolute atomic E-state index is 0.726. The van der Waals surface area contributed by atoms with Crippen molar-refractivity contribution < 1.29 is 0 Å². The van der Waals surface area contributed by atoms with Crippen LogP contribution in [-0.4, -0.2) is 14.5 Å². The summed E-state index contributed by atoms with van der Waals surface area (Å²) >= 11 is 1.81. The summed E-state index contributed by atoms with van der Waals surface area (Å²) in [5.41, 5.74) is 4.15. The Morgan fingerprint density at radius 3 is 2.03 bits per heavy atom. The first-order valence-electron chi connectivity index (χ1n) is 11.3. The summed E-state index contributed by atoms with van der Waals surface area (Å²) in [6.45, 7) is 0. The second-order valence-corrected chi connectivity index (χ2v) is 9.33. The number of fused-ring (bicyclic) bond motifs is 5. The fourth-order valence-electron chi connectivity index (χ4n) is 4.69. The Labute approximate surface area is 200 Å². The quantitative estimate of drug-likeness (QED) is 0.270. The van der Waals surface area contributed by atoms with E-state index < -0.39 is 0 Å². The maximum Gasteiger partial charge on any atom is 0.162 e. The molecule has 0 N–H and O–H groups in total. The Morgan fingerprint density at radius 1 is 0.588 bits per heavy atom. The van der Waals surface area contributed by atoms with Gasteiger partial charge in [-0.05, 0) is 12.1 Å². The molecule has 0 unspecified atom stereocenters. The second kappa shape index (κ2) is 7.65. The molecule has 0 saturated carbocycles. The van der Waals surface area contributed by atoms with E-state index in [1.807, 2.05) is 35.6 Å². The first-order chi connectivity index (χ1) is 16.9. The maximum atomic E-state index is 5.10. The molecule has 160 valence electrons. The number of nitrogens with zero attached hydrogens (tertiary/aromatic N) is 3. The Balaban J connectivity index is 1.59. The van der Waals surface area contributed by atoms with Crippen LogP contribution in [0.4, 0.5) is 0 Å². The minimum atomic E-state index is 0.726. The highest BCUT2D eigenvalue weighted by atomic mass is 32.1. The molecule has 0 atom stereocenters. The summed E-state index contributed by atoms with van der Waals surface area (Å²) < 4.78 is 3.59. The van der Waals surface area contributed by atoms with Crippen molar-refractivity contribution in [2.75, 3.05) is 0 Å². The van der Waals surface area contributed by atoms with E-state index in [0.29, 0.717) is 0 Å². The zero-order valence-electron chi connectivity index (χ0n) is 18.2. The molecular weight excluding hydrogens is 434 g/mol. The third-order valence-electron chi connectivity index (χ3n) is 6.24. The van der Waals surface area contributed by atoms with Crippen LogP contribution in [0.15, 0.2) is 115 Å². The van der Waals surface area contributed by atoms with Crippen molar-refractivity contribution in [3.05, 3.63) is 115 Å². The van der Waals surface area contributed by atoms with Crippen LogP contribution in [-0.2, 0) is 0 Å². The zero-order chi connectivity index (χ0) is 22.5. The summed E-state index contributed by atoms with van der Waals surface area (Å²) in [5, 5.41) is 3.83. The molecule has 7 rings (SSSR count). The van der Waals surface area contributed by atoms with Crippen LogP contribution >= 0.6 is 11.3 Å². The van der Waals surface area contributed by atoms with Gasteiger partial charge in [-0.1, -0.05) is 97.1 Å². The first-order valence-corrected chi connectivity index (χ1v) is 12.1. The van der Waals surface area contributed by atoms with Gasteiger partial charge in [0.1, 0.15) is 10.6 Å². The molecule has 0 spiro atoms. The number of thiophene rings is 1. The second-order valence-electron chi connectivity index (χ2n) is 8.30. The molecule has 3 aromatic heterocycles. The average molecular weight is 454 g/mol. The molecule has 3 nitrogen and oxygen atoms in total. The van der Waals surface area contributed by atoms with Gasteiger partial charge in [-0.3, -0.25) is 4.57 Å². The van der Waals surface area contributed by atoms with Gasteiger partial charge < -0.3 is 0 Å². The fraction of sp³-hybridized carbons (Fsp3) is 0. The highest BCUT2D eigenvalue weighted by Crippen LogP contribution is 2.42. The van der Waals surface area contributed by atoms with Crippen LogP contribution in [0.5, 0.6) is 0 Å². The fourth-order valence-corrected chi connectivity index (χ4v) is 5.93. The number of rotatable bonds is 3. The van der Waals surface area contributed by atoms with Gasteiger partial charge in [0.2, 0.25) is 0 Å². The highest BCUT2D eigenvalue weighted by molar-refractivity contribution is 7.25. The van der Waals surface area contributed by atoms with Gasteiger partial charge in [-0.15, -0.1) is 11.3 Å². The van der Waals surface area contributed by atoms with Crippen LogP contribution in [0.25, 0.3) is 59.7 Å². The molecule has 34 heavy (non-hydrogen) atoms. The van der Waals surface area contributed by atoms with Crippen molar-refractivity contribution in [1.82, 2.24) is 14.5 Å². The lowest BCUT2D eigenvalue weighted by molar-refractivity contribution is 1.05. The third kappa shape index (κ3) is 2.96. The van der Waals surface area contributed by atoms with E-state index in [9.17, 15) is 0 Å². The van der Waals surface area contributed by atoms with Gasteiger partial charge in [-0.2, -0.15) is 0 Å². The normalized spacial score (nSPS) is 11.5. The Bertz CT molecular complexity index is 1740. The van der Waals surface area contributed by atoms with Gasteiger partial charge in [0, 0.05) is 38.1 Å². The first kappa shape index (κ1) is 19.2. The smallest absolute Gasteiger partial charge is 0.162 e. The standard InChI is InChI=1S/C30H19N3S/c1-3-11-20(12-4-1)24-19-27(32-29(31-24)21-13-5-2-6-14-21)33-25-17-9-7-15-22(25)28-23-16-8-10-18-26(23)34-30(28)33/h1-19H. The molecule has 0 aliphatic rings. The van der Waals surface area contributed by atoms with Gasteiger partial charge in [0.05, 0.1) is 11.2 Å². The Kier molecular flexibility index (Phi) is 4.32. The lowest BCUT2D eigenvalue weighted by Crippen LogP contribution is -2.01. The average Bonchev–Trinajstić information content (AvgIpc) is 3.44. The van der Waals surface area contributed by atoms with Crippen molar-refractivity contribution >= 4 is 42.5 Å². The molecule has 4 heteroatoms. The predicted octanol–water partition coefficient (Wildman–Crippen LogP) is 8.12. The van der Waals surface area contributed by atoms with E-state index in [2.05, 4.69) is 95.6 Å². The minimum Gasteiger partial charge on any atom is -0.285 e. The van der Waals surface area contributed by atoms with Gasteiger partial charge in [-0.25, -0.2) is 9.97 Å². The number of para-hydroxylation sites is 1. The zero-order valence-corrected chi connectivity index (χ0v) is 19.0. The topological polar surface area (TPSA) is 30.7 Å². The molecule has 0 amide bonds. The molecule has 0 radical (unpaired) electrons. The number of hydrogen-bond donors (Lipinski definition) is 0. The molecule has 0 bridgehead atoms. The molecular formula is C30H19N3S. The summed E-state index contributed by atoms with van der Waals surface area (Å²) in [6, 6.07) is 39.9. The molecule has 4 aromatic carbocycles. The van der Waals surface area contributed by atoms with Crippen LogP contribution in [0.1, 0.15) is 0 Å². The SMILES string of the molecule is c1ccc(-c2cc(-n3c4ccccc4c4c5ccccc5sc43)nc(-c3ccccc3)n2)cc1. The van der Waals surface area contributed by atoms with Gasteiger partial charge >= 0.3 is 0 Å². The van der Waals surface area contributed by atoms with Crippen molar-refractivity contribution in [1.29, 1.82) is 0 Å². The van der Waals surface area contributed by atoms with Crippen molar-refractivity contribution in [2.45, 2.75) is 0 Å². The summed E-state index contributed by atoms with van der Waals surface area (Å²) in [6.07, 6.45) is 0. The van der Waals surface area contributed by atoms with Gasteiger partial charge in [0.25, 0.3) is 0 Å². The van der Waals surface area contributed by atoms with Gasteiger partial charge in [0.15, 0.2) is 5.82 Å². The van der Waals surface area contributed by atoms with E-state index in [1.165, 1.54) is 25.7 Å². The van der Waals surface area contributed by atoms with E-state index >= 15 is 0 Å². The van der Waals surface area contributed by atoms with Crippen molar-refractivity contribution in [3.63, 3.8) is 0 Å². The predicted molar refractivity (Wildman–Crippen MR) is 143 cm³/mol. The van der Waals surface area contributed by atoms with E-state index in [0.717, 1.165) is 34.0 Å². The number of benzene rings is 4. The maximum absolute atomic E-state index is 5.10. The third-order valence-corrected chi connectivity index (χ3v) is 7.39. The monoisotopic (exact) mass is 453 g/mol. The van der Waals surface area contributed by atoms with E-state index in [-0.39, 0.29) is 0 Å². The van der Waals surface area contributed by atoms with Crippen LogP contribution < -0.4 is 0 Å². The lowest BCUT2D eigenvalue weighted by atomic mass is 10.1. The Morgan fingerprint density at radius 2 is 1.24 bits per heavy atom. The molecule has 0 aliphatic heterocycles. The van der Waals surface area contributed by atoms with Crippen molar-refractivity contribution in [2.24, 2.45) is 0 Å². The summed E-state index contributed by atoms with van der Waals surface area (Å²) in [7, 11) is 0. The van der Waals surface area contributed by atoms with E-state index in [4.69, 9.17) is 9.97 Å².